The van der Waals surface area contributed by atoms with Crippen LogP contribution in [0.15, 0.2) is 72.8 Å². The van der Waals surface area contributed by atoms with Crippen molar-refractivity contribution in [2.75, 3.05) is 23.4 Å². The molecule has 3 aromatic rings. The van der Waals surface area contributed by atoms with Gasteiger partial charge in [0.05, 0.1) is 18.0 Å². The third-order valence-electron chi connectivity index (χ3n) is 4.82. The van der Waals surface area contributed by atoms with Crippen molar-refractivity contribution in [2.24, 2.45) is 0 Å². The summed E-state index contributed by atoms with van der Waals surface area (Å²) in [5.74, 6) is -0.229. The molecule has 0 saturated carbocycles. The van der Waals surface area contributed by atoms with Crippen molar-refractivity contribution in [3.8, 4) is 23.1 Å². The lowest BCUT2D eigenvalue weighted by Gasteiger charge is -2.08. The number of hydrogen-bond donors (Lipinski definition) is 3. The first-order valence-corrected chi connectivity index (χ1v) is 10.5. The lowest BCUT2D eigenvalue weighted by molar-refractivity contribution is -0.138. The van der Waals surface area contributed by atoms with Gasteiger partial charge in [-0.25, -0.2) is 4.79 Å². The summed E-state index contributed by atoms with van der Waals surface area (Å²) >= 11 is 0. The van der Waals surface area contributed by atoms with E-state index in [9.17, 15) is 9.59 Å². The standard InChI is InChI=1S/C26H24N4O4/c27-17-34-22-11-8-20(9-12-22)19-6-3-18(4-7-19)5-14-26(32)33-15-1-2-25(31)30-24-13-10-21(28)16-23(24)29/h3-14,16H,1-2,15,28-29H2,(H,30,31)/b14-5+. The van der Waals surface area contributed by atoms with Crippen LogP contribution in [0.2, 0.25) is 0 Å². The summed E-state index contributed by atoms with van der Waals surface area (Å²) in [4.78, 5) is 23.9. The number of carbonyl (C=O) groups excluding carboxylic acids is 2. The number of nitrogens with one attached hydrogen (secondary N) is 1. The Morgan fingerprint density at radius 1 is 0.971 bits per heavy atom. The molecule has 8 heteroatoms. The van der Waals surface area contributed by atoms with Gasteiger partial charge in [0.1, 0.15) is 5.75 Å². The number of anilines is 3. The molecular weight excluding hydrogens is 432 g/mol. The second kappa shape index (κ2) is 11.7. The van der Waals surface area contributed by atoms with E-state index < -0.39 is 5.97 Å². The number of esters is 1. The zero-order valence-electron chi connectivity index (χ0n) is 18.4. The number of carbonyl (C=O) groups is 2. The van der Waals surface area contributed by atoms with Crippen molar-refractivity contribution < 1.29 is 19.1 Å². The fourth-order valence-electron chi connectivity index (χ4n) is 3.08. The average molecular weight is 457 g/mol. The van der Waals surface area contributed by atoms with Crippen LogP contribution in [-0.4, -0.2) is 18.5 Å². The molecule has 3 rings (SSSR count). The largest absolute Gasteiger partial charge is 0.463 e. The lowest BCUT2D eigenvalue weighted by Crippen LogP contribution is -2.14. The number of ether oxygens (including phenoxy) is 2. The number of amides is 1. The fourth-order valence-corrected chi connectivity index (χ4v) is 3.08. The minimum Gasteiger partial charge on any atom is -0.463 e. The predicted molar refractivity (Wildman–Crippen MR) is 131 cm³/mol. The Morgan fingerprint density at radius 2 is 1.65 bits per heavy atom. The summed E-state index contributed by atoms with van der Waals surface area (Å²) < 4.78 is 9.92. The molecule has 0 aliphatic heterocycles. The van der Waals surface area contributed by atoms with E-state index >= 15 is 0 Å². The van der Waals surface area contributed by atoms with E-state index in [1.54, 1.807) is 42.7 Å². The monoisotopic (exact) mass is 456 g/mol. The van der Waals surface area contributed by atoms with E-state index in [0.717, 1.165) is 16.7 Å². The summed E-state index contributed by atoms with van der Waals surface area (Å²) in [6, 6.07) is 19.6. The highest BCUT2D eigenvalue weighted by Crippen LogP contribution is 2.23. The van der Waals surface area contributed by atoms with Crippen LogP contribution in [0.25, 0.3) is 17.2 Å². The Bertz CT molecular complexity index is 1210. The molecule has 5 N–H and O–H groups in total. The van der Waals surface area contributed by atoms with Gasteiger partial charge < -0.3 is 26.3 Å². The van der Waals surface area contributed by atoms with Crippen LogP contribution in [0.1, 0.15) is 18.4 Å². The second-order valence-electron chi connectivity index (χ2n) is 7.34. The van der Waals surface area contributed by atoms with Crippen molar-refractivity contribution in [2.45, 2.75) is 12.8 Å². The molecule has 0 aliphatic rings. The first kappa shape index (κ1) is 23.9. The third-order valence-corrected chi connectivity index (χ3v) is 4.82. The number of benzene rings is 3. The van der Waals surface area contributed by atoms with Crippen molar-refractivity contribution in [1.29, 1.82) is 5.26 Å². The van der Waals surface area contributed by atoms with Crippen LogP contribution in [0.3, 0.4) is 0 Å². The van der Waals surface area contributed by atoms with Crippen LogP contribution in [0.5, 0.6) is 5.75 Å². The molecule has 172 valence electrons. The van der Waals surface area contributed by atoms with E-state index in [4.69, 9.17) is 26.2 Å². The molecule has 3 aromatic carbocycles. The molecule has 1 amide bonds. The Kier molecular flexibility index (Phi) is 8.25. The van der Waals surface area contributed by atoms with Gasteiger partial charge in [0.15, 0.2) is 0 Å². The Balaban J connectivity index is 1.40. The predicted octanol–water partition coefficient (Wildman–Crippen LogP) is 4.35. The minimum atomic E-state index is -0.486. The Labute approximate surface area is 197 Å². The van der Waals surface area contributed by atoms with Crippen LogP contribution < -0.4 is 21.5 Å². The maximum Gasteiger partial charge on any atom is 0.330 e. The molecule has 0 aromatic heterocycles. The molecule has 34 heavy (non-hydrogen) atoms. The SMILES string of the molecule is N#COc1ccc(-c2ccc(/C=C/C(=O)OCCCC(=O)Nc3ccc(N)cc3N)cc2)cc1. The molecule has 8 nitrogen and oxygen atoms in total. The van der Waals surface area contributed by atoms with Gasteiger partial charge >= 0.3 is 5.97 Å². The van der Waals surface area contributed by atoms with Gasteiger partial charge in [-0.3, -0.25) is 4.79 Å². The minimum absolute atomic E-state index is 0.123. The van der Waals surface area contributed by atoms with Crippen LogP contribution in [0, 0.1) is 11.5 Å². The molecule has 0 bridgehead atoms. The molecule has 0 radical (unpaired) electrons. The van der Waals surface area contributed by atoms with E-state index in [-0.39, 0.29) is 18.9 Å². The molecule has 0 saturated heterocycles. The van der Waals surface area contributed by atoms with Crippen LogP contribution in [-0.2, 0) is 14.3 Å². The van der Waals surface area contributed by atoms with Crippen molar-refractivity contribution in [3.63, 3.8) is 0 Å². The highest BCUT2D eigenvalue weighted by atomic mass is 16.5. The van der Waals surface area contributed by atoms with Crippen LogP contribution in [0.4, 0.5) is 17.1 Å². The number of nitrogen functional groups attached to an aromatic ring is 2. The second-order valence-corrected chi connectivity index (χ2v) is 7.34. The summed E-state index contributed by atoms with van der Waals surface area (Å²) in [6.07, 6.45) is 5.21. The maximum atomic E-state index is 12.0. The topological polar surface area (TPSA) is 140 Å². The zero-order chi connectivity index (χ0) is 24.3. The van der Waals surface area contributed by atoms with Gasteiger partial charge in [0.2, 0.25) is 5.91 Å². The van der Waals surface area contributed by atoms with Gasteiger partial charge in [-0.15, -0.1) is 5.26 Å². The lowest BCUT2D eigenvalue weighted by atomic mass is 10.0. The van der Waals surface area contributed by atoms with E-state index in [2.05, 4.69) is 5.32 Å². The van der Waals surface area contributed by atoms with E-state index in [1.807, 2.05) is 36.4 Å². The first-order valence-electron chi connectivity index (χ1n) is 10.5. The molecule has 0 heterocycles. The van der Waals surface area contributed by atoms with Crippen molar-refractivity contribution in [1.82, 2.24) is 0 Å². The summed E-state index contributed by atoms with van der Waals surface area (Å²) in [5, 5.41) is 11.2. The normalized spacial score (nSPS) is 10.4. The zero-order valence-corrected chi connectivity index (χ0v) is 18.4. The highest BCUT2D eigenvalue weighted by Gasteiger charge is 2.06. The number of hydrogen-bond acceptors (Lipinski definition) is 7. The third kappa shape index (κ3) is 7.14. The number of nitriles is 1. The van der Waals surface area contributed by atoms with Gasteiger partial charge in [0, 0.05) is 18.2 Å². The molecule has 0 aliphatic carbocycles. The fraction of sp³-hybridized carbons (Fsp3) is 0.115. The van der Waals surface area contributed by atoms with Gasteiger partial charge in [-0.05, 0) is 59.5 Å². The van der Waals surface area contributed by atoms with Crippen molar-refractivity contribution >= 4 is 35.0 Å². The Hall–Kier alpha value is -4.77. The van der Waals surface area contributed by atoms with Crippen LogP contribution >= 0.6 is 0 Å². The molecule has 0 spiro atoms. The van der Waals surface area contributed by atoms with Gasteiger partial charge in [-0.2, -0.15) is 0 Å². The molecule has 0 fully saturated rings. The summed E-state index contributed by atoms with van der Waals surface area (Å²) in [6.45, 7) is 0.123. The van der Waals surface area contributed by atoms with Gasteiger partial charge in [0.25, 0.3) is 6.26 Å². The van der Waals surface area contributed by atoms with E-state index in [1.165, 1.54) is 6.08 Å². The average Bonchev–Trinajstić information content (AvgIpc) is 2.83. The van der Waals surface area contributed by atoms with Gasteiger partial charge in [-0.1, -0.05) is 36.4 Å². The van der Waals surface area contributed by atoms with Crippen molar-refractivity contribution in [3.05, 3.63) is 78.4 Å². The molecular formula is C26H24N4O4. The molecule has 0 unspecified atom stereocenters. The summed E-state index contributed by atoms with van der Waals surface area (Å²) in [7, 11) is 0. The number of nitrogens with zero attached hydrogens (tertiary/aromatic N) is 1. The quantitative estimate of drug-likeness (QED) is 0.143. The summed E-state index contributed by atoms with van der Waals surface area (Å²) in [5.41, 5.74) is 15.7. The molecule has 0 atom stereocenters. The van der Waals surface area contributed by atoms with E-state index in [0.29, 0.717) is 29.2 Å². The maximum absolute atomic E-state index is 12.0. The highest BCUT2D eigenvalue weighted by molar-refractivity contribution is 5.94. The number of rotatable bonds is 9. The Morgan fingerprint density at radius 3 is 2.29 bits per heavy atom. The first-order chi connectivity index (χ1) is 16.4. The number of nitrogens with two attached hydrogens (primary N) is 2. The smallest absolute Gasteiger partial charge is 0.330 e.